The average Bonchev–Trinajstić information content (AvgIpc) is 2.77. The van der Waals surface area contributed by atoms with Gasteiger partial charge < -0.3 is 0 Å². The van der Waals surface area contributed by atoms with Crippen molar-refractivity contribution in [3.05, 3.63) is 94.5 Å². The maximum Gasteiger partial charge on any atom is 0.417 e. The number of rotatable bonds is 3. The van der Waals surface area contributed by atoms with Crippen molar-refractivity contribution < 1.29 is 22.8 Å². The lowest BCUT2D eigenvalue weighted by atomic mass is 9.93. The molecule has 0 radical (unpaired) electrons. The van der Waals surface area contributed by atoms with E-state index in [1.54, 1.807) is 36.4 Å². The van der Waals surface area contributed by atoms with Crippen LogP contribution >= 0.6 is 23.8 Å². The van der Waals surface area contributed by atoms with Gasteiger partial charge in [0.05, 0.1) is 11.3 Å². The van der Waals surface area contributed by atoms with E-state index < -0.39 is 23.6 Å². The Kier molecular flexibility index (Phi) is 6.05. The molecule has 0 saturated carbocycles. The molecule has 1 heterocycles. The molecule has 2 amide bonds. The molecule has 0 aliphatic carbocycles. The van der Waals surface area contributed by atoms with E-state index in [-0.39, 0.29) is 27.4 Å². The zero-order chi connectivity index (χ0) is 23.8. The van der Waals surface area contributed by atoms with Crippen LogP contribution in [0.2, 0.25) is 5.02 Å². The van der Waals surface area contributed by atoms with Crippen molar-refractivity contribution in [1.29, 1.82) is 0 Å². The number of anilines is 1. The van der Waals surface area contributed by atoms with Crippen molar-refractivity contribution in [3.63, 3.8) is 0 Å². The van der Waals surface area contributed by atoms with Gasteiger partial charge in [0, 0.05) is 5.02 Å². The van der Waals surface area contributed by atoms with Crippen molar-refractivity contribution >= 4 is 52.5 Å². The number of hydrogen-bond donors (Lipinski definition) is 1. The van der Waals surface area contributed by atoms with Crippen LogP contribution in [0.25, 0.3) is 17.2 Å². The van der Waals surface area contributed by atoms with Gasteiger partial charge in [-0.3, -0.25) is 19.8 Å². The van der Waals surface area contributed by atoms with Crippen molar-refractivity contribution in [1.82, 2.24) is 5.32 Å². The molecule has 1 aliphatic heterocycles. The molecule has 0 bridgehead atoms. The van der Waals surface area contributed by atoms with E-state index in [0.717, 1.165) is 11.0 Å². The fraction of sp³-hybridized carbons (Fsp3) is 0.0417. The molecule has 1 fully saturated rings. The SMILES string of the molecule is O=C1NC(=S)N(c2ccc(Cl)cc2)C(=O)/C1=C\c1ccccc1-c1ccccc1C(F)(F)F. The number of thiocarbonyl (C=S) groups is 1. The van der Waals surface area contributed by atoms with Crippen LogP contribution < -0.4 is 10.2 Å². The third kappa shape index (κ3) is 4.53. The zero-order valence-corrected chi connectivity index (χ0v) is 18.3. The van der Waals surface area contributed by atoms with Gasteiger partial charge in [0.2, 0.25) is 0 Å². The van der Waals surface area contributed by atoms with Gasteiger partial charge in [-0.1, -0.05) is 54.1 Å². The lowest BCUT2D eigenvalue weighted by Gasteiger charge is -2.29. The Hall–Kier alpha value is -3.49. The smallest absolute Gasteiger partial charge is 0.298 e. The Balaban J connectivity index is 1.82. The first-order valence-electron chi connectivity index (χ1n) is 9.59. The summed E-state index contributed by atoms with van der Waals surface area (Å²) in [5.74, 6) is -1.45. The number of alkyl halides is 3. The van der Waals surface area contributed by atoms with Crippen LogP contribution in [-0.4, -0.2) is 16.9 Å². The third-order valence-electron chi connectivity index (χ3n) is 4.97. The average molecular weight is 487 g/mol. The van der Waals surface area contributed by atoms with E-state index in [4.69, 9.17) is 23.8 Å². The Morgan fingerprint density at radius 3 is 2.15 bits per heavy atom. The maximum absolute atomic E-state index is 13.6. The van der Waals surface area contributed by atoms with Crippen molar-refractivity contribution in [3.8, 4) is 11.1 Å². The monoisotopic (exact) mass is 486 g/mol. The number of hydrogen-bond acceptors (Lipinski definition) is 3. The van der Waals surface area contributed by atoms with E-state index >= 15 is 0 Å². The van der Waals surface area contributed by atoms with Crippen molar-refractivity contribution in [2.24, 2.45) is 0 Å². The van der Waals surface area contributed by atoms with Gasteiger partial charge in [-0.25, -0.2) is 0 Å². The summed E-state index contributed by atoms with van der Waals surface area (Å²) >= 11 is 11.1. The molecule has 0 unspecified atom stereocenters. The van der Waals surface area contributed by atoms with Gasteiger partial charge in [-0.05, 0) is 65.3 Å². The van der Waals surface area contributed by atoms with Gasteiger partial charge in [0.1, 0.15) is 5.57 Å². The van der Waals surface area contributed by atoms with Crippen LogP contribution in [0.5, 0.6) is 0 Å². The van der Waals surface area contributed by atoms with Crippen LogP contribution in [0, 0.1) is 0 Å². The van der Waals surface area contributed by atoms with E-state index in [1.165, 1.54) is 36.4 Å². The standard InChI is InChI=1S/C24H14ClF3N2O2S/c25-15-9-11-16(12-10-15)30-22(32)19(21(31)29-23(30)33)13-14-5-1-2-6-17(14)18-7-3-4-8-20(18)24(26,27)28/h1-13H,(H,29,31,33)/b19-13-. The summed E-state index contributed by atoms with van der Waals surface area (Å²) in [5, 5.41) is 2.79. The number of benzene rings is 3. The van der Waals surface area contributed by atoms with Crippen LogP contribution in [0.1, 0.15) is 11.1 Å². The molecule has 1 aliphatic rings. The molecule has 3 aromatic rings. The minimum Gasteiger partial charge on any atom is -0.298 e. The van der Waals surface area contributed by atoms with Crippen LogP contribution in [0.3, 0.4) is 0 Å². The normalized spacial score (nSPS) is 15.7. The van der Waals surface area contributed by atoms with Crippen LogP contribution in [0.15, 0.2) is 78.4 Å². The summed E-state index contributed by atoms with van der Waals surface area (Å²) in [6.07, 6.45) is -3.31. The molecular formula is C24H14ClF3N2O2S. The summed E-state index contributed by atoms with van der Waals surface area (Å²) in [6.45, 7) is 0. The predicted molar refractivity (Wildman–Crippen MR) is 125 cm³/mol. The zero-order valence-electron chi connectivity index (χ0n) is 16.7. The quantitative estimate of drug-likeness (QED) is 0.287. The topological polar surface area (TPSA) is 49.4 Å². The summed E-state index contributed by atoms with van der Waals surface area (Å²) in [4.78, 5) is 26.9. The highest BCUT2D eigenvalue weighted by Gasteiger charge is 2.36. The number of nitrogens with one attached hydrogen (secondary N) is 1. The Bertz CT molecular complexity index is 1300. The Morgan fingerprint density at radius 1 is 0.879 bits per heavy atom. The highest BCUT2D eigenvalue weighted by atomic mass is 35.5. The largest absolute Gasteiger partial charge is 0.417 e. The molecule has 0 spiro atoms. The van der Waals surface area contributed by atoms with Gasteiger partial charge in [0.25, 0.3) is 11.8 Å². The molecule has 4 nitrogen and oxygen atoms in total. The van der Waals surface area contributed by atoms with Gasteiger partial charge >= 0.3 is 6.18 Å². The molecule has 0 aromatic heterocycles. The molecule has 4 rings (SSSR count). The van der Waals surface area contributed by atoms with E-state index in [9.17, 15) is 22.8 Å². The molecule has 3 aromatic carbocycles. The number of amides is 2. The highest BCUT2D eigenvalue weighted by molar-refractivity contribution is 7.80. The number of nitrogens with zero attached hydrogens (tertiary/aromatic N) is 1. The molecule has 33 heavy (non-hydrogen) atoms. The van der Waals surface area contributed by atoms with Crippen LogP contribution in [-0.2, 0) is 15.8 Å². The number of carbonyl (C=O) groups excluding carboxylic acids is 2. The van der Waals surface area contributed by atoms with Crippen LogP contribution in [0.4, 0.5) is 18.9 Å². The van der Waals surface area contributed by atoms with E-state index in [0.29, 0.717) is 10.7 Å². The molecule has 0 atom stereocenters. The fourth-order valence-corrected chi connectivity index (χ4v) is 3.88. The van der Waals surface area contributed by atoms with E-state index in [2.05, 4.69) is 5.32 Å². The molecule has 9 heteroatoms. The first kappa shape index (κ1) is 22.7. The molecule has 1 N–H and O–H groups in total. The molecular weight excluding hydrogens is 473 g/mol. The Labute approximate surface area is 197 Å². The maximum atomic E-state index is 13.6. The first-order valence-corrected chi connectivity index (χ1v) is 10.4. The summed E-state index contributed by atoms with van der Waals surface area (Å²) in [7, 11) is 0. The first-order chi connectivity index (χ1) is 15.7. The summed E-state index contributed by atoms with van der Waals surface area (Å²) < 4.78 is 40.8. The lowest BCUT2D eigenvalue weighted by Crippen LogP contribution is -2.54. The second-order valence-corrected chi connectivity index (χ2v) is 7.89. The predicted octanol–water partition coefficient (Wildman–Crippen LogP) is 5.86. The number of carbonyl (C=O) groups is 2. The van der Waals surface area contributed by atoms with Crippen molar-refractivity contribution in [2.75, 3.05) is 4.90 Å². The molecule has 166 valence electrons. The Morgan fingerprint density at radius 2 is 1.48 bits per heavy atom. The highest BCUT2D eigenvalue weighted by Crippen LogP contribution is 2.38. The lowest BCUT2D eigenvalue weighted by molar-refractivity contribution is -0.137. The summed E-state index contributed by atoms with van der Waals surface area (Å²) in [6, 6.07) is 17.6. The molecule has 1 saturated heterocycles. The fourth-order valence-electron chi connectivity index (χ4n) is 3.47. The third-order valence-corrected chi connectivity index (χ3v) is 5.51. The minimum absolute atomic E-state index is 0.0637. The van der Waals surface area contributed by atoms with E-state index in [1.807, 2.05) is 0 Å². The van der Waals surface area contributed by atoms with Gasteiger partial charge in [-0.2, -0.15) is 13.2 Å². The second kappa shape index (κ2) is 8.80. The van der Waals surface area contributed by atoms with Crippen molar-refractivity contribution in [2.45, 2.75) is 6.18 Å². The number of halogens is 4. The minimum atomic E-state index is -4.58. The second-order valence-electron chi connectivity index (χ2n) is 7.06. The summed E-state index contributed by atoms with van der Waals surface area (Å²) in [5.41, 5.74) is -0.266. The van der Waals surface area contributed by atoms with Gasteiger partial charge in [-0.15, -0.1) is 0 Å². The van der Waals surface area contributed by atoms with Gasteiger partial charge in [0.15, 0.2) is 5.11 Å².